The van der Waals surface area contributed by atoms with Crippen molar-refractivity contribution in [3.05, 3.63) is 70.8 Å². The third-order valence-electron chi connectivity index (χ3n) is 5.24. The predicted octanol–water partition coefficient (Wildman–Crippen LogP) is 2.80. The van der Waals surface area contributed by atoms with E-state index in [1.165, 1.54) is 22.3 Å². The molecule has 0 aromatic heterocycles. The van der Waals surface area contributed by atoms with Crippen molar-refractivity contribution in [2.45, 2.75) is 18.9 Å². The zero-order valence-electron chi connectivity index (χ0n) is 14.2. The Morgan fingerprint density at radius 3 is 2.08 bits per heavy atom. The molecule has 0 bridgehead atoms. The van der Waals surface area contributed by atoms with Crippen LogP contribution < -0.4 is 5.32 Å². The van der Waals surface area contributed by atoms with Crippen molar-refractivity contribution in [3.8, 4) is 0 Å². The van der Waals surface area contributed by atoms with Crippen LogP contribution in [0.5, 0.6) is 0 Å². The molecule has 3 heteroatoms. The van der Waals surface area contributed by atoms with Gasteiger partial charge in [0.1, 0.15) is 6.10 Å². The summed E-state index contributed by atoms with van der Waals surface area (Å²) in [5.41, 5.74) is 5.56. The molecule has 0 unspecified atom stereocenters. The Labute approximate surface area is 144 Å². The van der Waals surface area contributed by atoms with Crippen LogP contribution in [0.15, 0.2) is 48.5 Å². The molecule has 3 nitrogen and oxygen atoms in total. The molecule has 24 heavy (non-hydrogen) atoms. The van der Waals surface area contributed by atoms with Crippen molar-refractivity contribution in [2.75, 3.05) is 39.3 Å². The van der Waals surface area contributed by atoms with Crippen LogP contribution in [0.25, 0.3) is 0 Å². The topological polar surface area (TPSA) is 24.5 Å². The molecule has 1 fully saturated rings. The molecule has 0 atom stereocenters. The molecular formula is C21H26N2O. The molecule has 0 radical (unpaired) electrons. The van der Waals surface area contributed by atoms with Gasteiger partial charge in [0.2, 0.25) is 0 Å². The van der Waals surface area contributed by atoms with Crippen LogP contribution in [0.2, 0.25) is 0 Å². The summed E-state index contributed by atoms with van der Waals surface area (Å²) in [5, 5.41) is 3.41. The summed E-state index contributed by atoms with van der Waals surface area (Å²) < 4.78 is 6.46. The Morgan fingerprint density at radius 2 is 1.46 bits per heavy atom. The highest BCUT2D eigenvalue weighted by Gasteiger charge is 2.24. The van der Waals surface area contributed by atoms with Crippen molar-refractivity contribution in [3.63, 3.8) is 0 Å². The van der Waals surface area contributed by atoms with Crippen LogP contribution in [0.4, 0.5) is 0 Å². The van der Waals surface area contributed by atoms with Crippen LogP contribution in [-0.2, 0) is 17.6 Å². The number of fused-ring (bicyclic) bond motifs is 2. The normalized spacial score (nSPS) is 18.7. The molecule has 0 saturated carbocycles. The van der Waals surface area contributed by atoms with E-state index in [1.54, 1.807) is 0 Å². The molecule has 2 aliphatic rings. The summed E-state index contributed by atoms with van der Waals surface area (Å²) in [7, 11) is 0. The van der Waals surface area contributed by atoms with Gasteiger partial charge in [-0.15, -0.1) is 0 Å². The van der Waals surface area contributed by atoms with Gasteiger partial charge in [0.15, 0.2) is 0 Å². The second kappa shape index (κ2) is 7.47. The number of nitrogens with zero attached hydrogens (tertiary/aromatic N) is 1. The molecule has 1 heterocycles. The summed E-state index contributed by atoms with van der Waals surface area (Å²) in [5.74, 6) is 0. The summed E-state index contributed by atoms with van der Waals surface area (Å²) in [6.07, 6.45) is 2.28. The smallest absolute Gasteiger partial charge is 0.108 e. The van der Waals surface area contributed by atoms with Crippen LogP contribution in [0.1, 0.15) is 28.4 Å². The molecular weight excluding hydrogens is 296 g/mol. The molecule has 126 valence electrons. The molecule has 1 aliphatic carbocycles. The van der Waals surface area contributed by atoms with E-state index in [4.69, 9.17) is 4.74 Å². The quantitative estimate of drug-likeness (QED) is 0.937. The summed E-state index contributed by atoms with van der Waals surface area (Å²) in [4.78, 5) is 2.49. The van der Waals surface area contributed by atoms with Gasteiger partial charge in [0, 0.05) is 32.7 Å². The maximum absolute atomic E-state index is 6.46. The van der Waals surface area contributed by atoms with E-state index in [-0.39, 0.29) is 6.10 Å². The second-order valence-electron chi connectivity index (χ2n) is 6.74. The van der Waals surface area contributed by atoms with E-state index in [0.717, 1.165) is 52.2 Å². The fraction of sp³-hybridized carbons (Fsp3) is 0.429. The minimum absolute atomic E-state index is 0.0721. The van der Waals surface area contributed by atoms with Crippen molar-refractivity contribution >= 4 is 0 Å². The maximum atomic E-state index is 6.46. The minimum atomic E-state index is 0.0721. The van der Waals surface area contributed by atoms with E-state index in [2.05, 4.69) is 58.7 Å². The average molecular weight is 322 g/mol. The van der Waals surface area contributed by atoms with E-state index < -0.39 is 0 Å². The fourth-order valence-electron chi connectivity index (χ4n) is 3.89. The lowest BCUT2D eigenvalue weighted by Gasteiger charge is -2.28. The first-order valence-corrected chi connectivity index (χ1v) is 9.12. The van der Waals surface area contributed by atoms with Crippen molar-refractivity contribution < 1.29 is 4.74 Å². The number of hydrogen-bond donors (Lipinski definition) is 1. The molecule has 0 amide bonds. The second-order valence-corrected chi connectivity index (χ2v) is 6.74. The van der Waals surface area contributed by atoms with Gasteiger partial charge in [-0.3, -0.25) is 4.90 Å². The largest absolute Gasteiger partial charge is 0.367 e. The Bertz CT molecular complexity index is 632. The van der Waals surface area contributed by atoms with E-state index in [0.29, 0.717) is 0 Å². The van der Waals surface area contributed by atoms with Gasteiger partial charge in [-0.2, -0.15) is 0 Å². The Kier molecular flexibility index (Phi) is 4.93. The SMILES string of the molecule is c1ccc2c(c1)CCc1ccccc1C2OCCN1CCNCC1. The third kappa shape index (κ3) is 3.39. The number of hydrogen-bond acceptors (Lipinski definition) is 3. The Morgan fingerprint density at radius 1 is 0.875 bits per heavy atom. The lowest BCUT2D eigenvalue weighted by atomic mass is 9.97. The highest BCUT2D eigenvalue weighted by molar-refractivity contribution is 5.43. The molecule has 1 N–H and O–H groups in total. The first-order valence-electron chi connectivity index (χ1n) is 9.12. The van der Waals surface area contributed by atoms with Gasteiger partial charge in [0.05, 0.1) is 6.61 Å². The van der Waals surface area contributed by atoms with Crippen LogP contribution in [0.3, 0.4) is 0 Å². The first kappa shape index (κ1) is 15.8. The number of benzene rings is 2. The average Bonchev–Trinajstić information content (AvgIpc) is 2.80. The predicted molar refractivity (Wildman–Crippen MR) is 97.4 cm³/mol. The summed E-state index contributed by atoms with van der Waals surface area (Å²) in [6.45, 7) is 6.24. The molecule has 4 rings (SSSR count). The number of nitrogens with one attached hydrogen (secondary N) is 1. The van der Waals surface area contributed by atoms with E-state index in [9.17, 15) is 0 Å². The van der Waals surface area contributed by atoms with Crippen molar-refractivity contribution in [1.29, 1.82) is 0 Å². The zero-order valence-corrected chi connectivity index (χ0v) is 14.2. The highest BCUT2D eigenvalue weighted by atomic mass is 16.5. The van der Waals surface area contributed by atoms with Crippen molar-refractivity contribution in [1.82, 2.24) is 10.2 Å². The summed E-state index contributed by atoms with van der Waals surface area (Å²) >= 11 is 0. The third-order valence-corrected chi connectivity index (χ3v) is 5.24. The molecule has 1 aliphatic heterocycles. The molecule has 2 aromatic carbocycles. The van der Waals surface area contributed by atoms with Crippen LogP contribution in [-0.4, -0.2) is 44.2 Å². The number of ether oxygens (including phenoxy) is 1. The lowest BCUT2D eigenvalue weighted by molar-refractivity contribution is 0.0570. The zero-order chi connectivity index (χ0) is 16.2. The van der Waals surface area contributed by atoms with Crippen molar-refractivity contribution in [2.24, 2.45) is 0 Å². The molecule has 2 aromatic rings. The number of piperazine rings is 1. The first-order chi connectivity index (χ1) is 11.9. The number of rotatable bonds is 4. The highest BCUT2D eigenvalue weighted by Crippen LogP contribution is 2.34. The minimum Gasteiger partial charge on any atom is -0.367 e. The Balaban J connectivity index is 1.54. The molecule has 0 spiro atoms. The lowest BCUT2D eigenvalue weighted by Crippen LogP contribution is -2.44. The van der Waals surface area contributed by atoms with E-state index >= 15 is 0 Å². The van der Waals surface area contributed by atoms with E-state index in [1.807, 2.05) is 0 Å². The van der Waals surface area contributed by atoms with Gasteiger partial charge >= 0.3 is 0 Å². The monoisotopic (exact) mass is 322 g/mol. The maximum Gasteiger partial charge on any atom is 0.108 e. The van der Waals surface area contributed by atoms with Gasteiger partial charge in [-0.05, 0) is 35.1 Å². The standard InChI is InChI=1S/C21H26N2O/c1-3-7-19-17(5-1)9-10-18-6-2-4-8-20(18)21(19)24-16-15-23-13-11-22-12-14-23/h1-8,21-22H,9-16H2. The van der Waals surface area contributed by atoms with Crippen LogP contribution >= 0.6 is 0 Å². The van der Waals surface area contributed by atoms with Gasteiger partial charge in [-0.25, -0.2) is 0 Å². The van der Waals surface area contributed by atoms with Crippen LogP contribution in [0, 0.1) is 0 Å². The molecule has 1 saturated heterocycles. The fourth-order valence-corrected chi connectivity index (χ4v) is 3.89. The van der Waals surface area contributed by atoms with Gasteiger partial charge < -0.3 is 10.1 Å². The van der Waals surface area contributed by atoms with Gasteiger partial charge in [-0.1, -0.05) is 48.5 Å². The van der Waals surface area contributed by atoms with Gasteiger partial charge in [0.25, 0.3) is 0 Å². The summed E-state index contributed by atoms with van der Waals surface area (Å²) in [6, 6.07) is 17.6. The Hall–Kier alpha value is -1.68. The number of aryl methyl sites for hydroxylation is 2.